The van der Waals surface area contributed by atoms with Gasteiger partial charge in [0.1, 0.15) is 23.8 Å². The predicted molar refractivity (Wildman–Crippen MR) is 137 cm³/mol. The fourth-order valence-electron chi connectivity index (χ4n) is 3.16. The van der Waals surface area contributed by atoms with Crippen LogP contribution < -0.4 is 23.9 Å². The van der Waals surface area contributed by atoms with E-state index in [2.05, 4.69) is 26.5 Å². The zero-order valence-electron chi connectivity index (χ0n) is 19.3. The summed E-state index contributed by atoms with van der Waals surface area (Å²) in [4.78, 5) is 12.8. The molecule has 1 N–H and O–H groups in total. The van der Waals surface area contributed by atoms with Crippen LogP contribution in [-0.4, -0.2) is 48.4 Å². The number of hydrazone groups is 1. The molecule has 0 aliphatic rings. The number of rotatable bonds is 10. The van der Waals surface area contributed by atoms with Crippen molar-refractivity contribution in [1.82, 2.24) is 5.43 Å². The van der Waals surface area contributed by atoms with E-state index in [1.807, 2.05) is 6.07 Å². The molecule has 0 radical (unpaired) electrons. The van der Waals surface area contributed by atoms with Crippen LogP contribution >= 0.6 is 15.9 Å². The second-order valence-electron chi connectivity index (χ2n) is 7.04. The van der Waals surface area contributed by atoms with Gasteiger partial charge in [-0.15, -0.1) is 0 Å². The Bertz CT molecular complexity index is 1320. The molecule has 0 fully saturated rings. The zero-order valence-corrected chi connectivity index (χ0v) is 21.7. The lowest BCUT2D eigenvalue weighted by molar-refractivity contribution is -0.119. The van der Waals surface area contributed by atoms with Crippen molar-refractivity contribution in [2.24, 2.45) is 5.10 Å². The van der Waals surface area contributed by atoms with Gasteiger partial charge in [-0.05, 0) is 42.5 Å². The molecule has 35 heavy (non-hydrogen) atoms. The minimum Gasteiger partial charge on any atom is -0.497 e. The summed E-state index contributed by atoms with van der Waals surface area (Å²) in [5, 5.41) is 3.97. The molecule has 0 unspecified atom stereocenters. The quantitative estimate of drug-likeness (QED) is 0.298. The highest BCUT2D eigenvalue weighted by Crippen LogP contribution is 2.35. The largest absolute Gasteiger partial charge is 0.497 e. The average molecular weight is 562 g/mol. The van der Waals surface area contributed by atoms with Crippen LogP contribution in [0.1, 0.15) is 5.56 Å². The summed E-state index contributed by atoms with van der Waals surface area (Å²) in [5.41, 5.74) is 3.13. The number of nitrogens with zero attached hydrogens (tertiary/aromatic N) is 2. The molecule has 0 bridgehead atoms. The number of ether oxygens (including phenoxy) is 3. The van der Waals surface area contributed by atoms with E-state index in [1.54, 1.807) is 42.5 Å². The third kappa shape index (κ3) is 6.31. The maximum Gasteiger partial charge on any atom is 0.264 e. The number of carbonyl (C=O) groups excluding carboxylic acids is 1. The van der Waals surface area contributed by atoms with E-state index < -0.39 is 22.5 Å². The molecule has 0 saturated carbocycles. The lowest BCUT2D eigenvalue weighted by Crippen LogP contribution is -2.39. The van der Waals surface area contributed by atoms with E-state index in [0.29, 0.717) is 17.1 Å². The second-order valence-corrected chi connectivity index (χ2v) is 9.82. The molecule has 3 rings (SSSR count). The molecule has 184 valence electrons. The van der Waals surface area contributed by atoms with E-state index in [-0.39, 0.29) is 16.3 Å². The number of hydrogen-bond acceptors (Lipinski definition) is 7. The van der Waals surface area contributed by atoms with E-state index in [1.165, 1.54) is 45.7 Å². The third-order valence-electron chi connectivity index (χ3n) is 4.86. The predicted octanol–water partition coefficient (Wildman–Crippen LogP) is 3.82. The third-order valence-corrected chi connectivity index (χ3v) is 7.12. The maximum absolute atomic E-state index is 13.5. The van der Waals surface area contributed by atoms with Gasteiger partial charge in [-0.25, -0.2) is 13.8 Å². The molecule has 0 aliphatic heterocycles. The van der Waals surface area contributed by atoms with Crippen molar-refractivity contribution in [3.05, 3.63) is 76.8 Å². The van der Waals surface area contributed by atoms with Crippen LogP contribution in [0.4, 0.5) is 5.69 Å². The first-order chi connectivity index (χ1) is 16.8. The van der Waals surface area contributed by atoms with Crippen molar-refractivity contribution in [2.45, 2.75) is 4.90 Å². The fraction of sp³-hybridized carbons (Fsp3) is 0.167. The zero-order chi connectivity index (χ0) is 25.4. The van der Waals surface area contributed by atoms with Gasteiger partial charge in [0.15, 0.2) is 0 Å². The second kappa shape index (κ2) is 11.7. The summed E-state index contributed by atoms with van der Waals surface area (Å²) in [6, 6.07) is 17.8. The summed E-state index contributed by atoms with van der Waals surface area (Å²) in [7, 11) is 0.248. The summed E-state index contributed by atoms with van der Waals surface area (Å²) < 4.78 is 44.8. The molecule has 0 saturated heterocycles. The number of methoxy groups -OCH3 is 3. The van der Waals surface area contributed by atoms with Gasteiger partial charge in [0, 0.05) is 16.1 Å². The number of benzene rings is 3. The number of halogens is 1. The molecule has 1 amide bonds. The van der Waals surface area contributed by atoms with Gasteiger partial charge in [-0.2, -0.15) is 5.10 Å². The minimum atomic E-state index is -4.14. The first-order valence-corrected chi connectivity index (χ1v) is 12.5. The first-order valence-electron chi connectivity index (χ1n) is 10.3. The first kappa shape index (κ1) is 26.0. The maximum atomic E-state index is 13.5. The number of anilines is 1. The standard InChI is InChI=1S/C24H24BrN3O6S/c1-32-19-10-12-23(34-3)21(14-19)28(35(30,31)20-7-5-4-6-8-20)16-24(29)27-26-15-17-13-18(25)9-11-22(17)33-2/h4-15H,16H2,1-3H3,(H,27,29)/b26-15+. The molecule has 0 spiro atoms. The Labute approximate surface area is 212 Å². The van der Waals surface area contributed by atoms with E-state index in [0.717, 1.165) is 8.78 Å². The molecule has 9 nitrogen and oxygen atoms in total. The molecular formula is C24H24BrN3O6S. The number of carbonyl (C=O) groups is 1. The van der Waals surface area contributed by atoms with Crippen molar-refractivity contribution in [1.29, 1.82) is 0 Å². The van der Waals surface area contributed by atoms with Crippen LogP contribution in [0.5, 0.6) is 17.2 Å². The van der Waals surface area contributed by atoms with Crippen molar-refractivity contribution in [3.63, 3.8) is 0 Å². The normalized spacial score (nSPS) is 11.2. The van der Waals surface area contributed by atoms with Gasteiger partial charge in [0.05, 0.1) is 38.1 Å². The Kier molecular flexibility index (Phi) is 8.72. The van der Waals surface area contributed by atoms with Gasteiger partial charge in [0.2, 0.25) is 0 Å². The number of sulfonamides is 1. The van der Waals surface area contributed by atoms with E-state index >= 15 is 0 Å². The van der Waals surface area contributed by atoms with E-state index in [9.17, 15) is 13.2 Å². The molecule has 3 aromatic carbocycles. The monoisotopic (exact) mass is 561 g/mol. The highest BCUT2D eigenvalue weighted by atomic mass is 79.9. The molecule has 0 atom stereocenters. The Morgan fingerprint density at radius 2 is 1.66 bits per heavy atom. The van der Waals surface area contributed by atoms with Gasteiger partial charge in [0.25, 0.3) is 15.9 Å². The van der Waals surface area contributed by atoms with Crippen molar-refractivity contribution in [2.75, 3.05) is 32.2 Å². The number of amides is 1. The summed E-state index contributed by atoms with van der Waals surface area (Å²) in [6.45, 7) is -0.562. The lowest BCUT2D eigenvalue weighted by atomic mass is 10.2. The molecule has 0 aliphatic carbocycles. The Balaban J connectivity index is 1.94. The smallest absolute Gasteiger partial charge is 0.264 e. The Morgan fingerprint density at radius 1 is 0.971 bits per heavy atom. The molecule has 0 heterocycles. The summed E-state index contributed by atoms with van der Waals surface area (Å²) >= 11 is 3.37. The van der Waals surface area contributed by atoms with E-state index in [4.69, 9.17) is 14.2 Å². The molecule has 11 heteroatoms. The van der Waals surface area contributed by atoms with Crippen LogP contribution in [0.3, 0.4) is 0 Å². The van der Waals surface area contributed by atoms with Gasteiger partial charge in [-0.3, -0.25) is 9.10 Å². The summed E-state index contributed by atoms with van der Waals surface area (Å²) in [5.74, 6) is 0.537. The summed E-state index contributed by atoms with van der Waals surface area (Å²) in [6.07, 6.45) is 1.41. The average Bonchev–Trinajstić information content (AvgIpc) is 2.87. The SMILES string of the molecule is COc1ccc(OC)c(N(CC(=O)N/N=C/c2cc(Br)ccc2OC)S(=O)(=O)c2ccccc2)c1. The van der Waals surface area contributed by atoms with Gasteiger partial charge in [-0.1, -0.05) is 34.1 Å². The topological polar surface area (TPSA) is 107 Å². The van der Waals surface area contributed by atoms with Crippen molar-refractivity contribution in [3.8, 4) is 17.2 Å². The molecule has 0 aromatic heterocycles. The van der Waals surface area contributed by atoms with Crippen LogP contribution in [0.2, 0.25) is 0 Å². The van der Waals surface area contributed by atoms with Crippen molar-refractivity contribution < 1.29 is 27.4 Å². The van der Waals surface area contributed by atoms with Crippen molar-refractivity contribution >= 4 is 43.8 Å². The highest BCUT2D eigenvalue weighted by molar-refractivity contribution is 9.10. The van der Waals surface area contributed by atoms with Crippen LogP contribution in [0, 0.1) is 0 Å². The lowest BCUT2D eigenvalue weighted by Gasteiger charge is -2.25. The Hall–Kier alpha value is -3.57. The van der Waals surface area contributed by atoms with Gasteiger partial charge < -0.3 is 14.2 Å². The highest BCUT2D eigenvalue weighted by Gasteiger charge is 2.29. The molecular weight excluding hydrogens is 538 g/mol. The van der Waals surface area contributed by atoms with Crippen LogP contribution in [0.15, 0.2) is 81.2 Å². The van der Waals surface area contributed by atoms with Gasteiger partial charge >= 0.3 is 0 Å². The molecule has 3 aromatic rings. The number of hydrogen-bond donors (Lipinski definition) is 1. The fourth-order valence-corrected chi connectivity index (χ4v) is 4.98. The number of nitrogens with one attached hydrogen (secondary N) is 1. The van der Waals surface area contributed by atoms with Crippen LogP contribution in [0.25, 0.3) is 0 Å². The van der Waals surface area contributed by atoms with Crippen LogP contribution in [-0.2, 0) is 14.8 Å². The minimum absolute atomic E-state index is 0.0139. The Morgan fingerprint density at radius 3 is 2.31 bits per heavy atom.